The van der Waals surface area contributed by atoms with E-state index in [-0.39, 0.29) is 18.3 Å². The highest BCUT2D eigenvalue weighted by atomic mass is 79.9. The molecule has 0 saturated carbocycles. The van der Waals surface area contributed by atoms with Gasteiger partial charge in [0.25, 0.3) is 0 Å². The fraction of sp³-hybridized carbons (Fsp3) is 0.435. The summed E-state index contributed by atoms with van der Waals surface area (Å²) in [6, 6.07) is 11.7. The molecule has 8 heteroatoms. The average Bonchev–Trinajstić information content (AvgIpc) is 3.13. The molecule has 3 rings (SSSR count). The van der Waals surface area contributed by atoms with Crippen LogP contribution >= 0.6 is 39.9 Å². The number of ether oxygens (including phenoxy) is 2. The topological polar surface area (TPSA) is 50.8 Å². The maximum absolute atomic E-state index is 11.7. The maximum atomic E-state index is 11.7. The summed E-state index contributed by atoms with van der Waals surface area (Å²) < 4.78 is 12.7. The van der Waals surface area contributed by atoms with Gasteiger partial charge in [-0.25, -0.2) is 0 Å². The number of benzene rings is 2. The first-order chi connectivity index (χ1) is 14.6. The Morgan fingerprint density at radius 3 is 2.61 bits per heavy atom. The summed E-state index contributed by atoms with van der Waals surface area (Å²) in [5.74, 6) is 1.71. The largest absolute Gasteiger partial charge is 0.490 e. The molecule has 1 heterocycles. The molecular weight excluding hydrogens is 503 g/mol. The number of hydrogen-bond acceptors (Lipinski definition) is 4. The van der Waals surface area contributed by atoms with E-state index in [9.17, 15) is 4.79 Å². The Balaban J connectivity index is 0.00000341. The van der Waals surface area contributed by atoms with Crippen molar-refractivity contribution in [2.45, 2.75) is 39.3 Å². The molecule has 2 aromatic carbocycles. The van der Waals surface area contributed by atoms with Crippen molar-refractivity contribution in [2.24, 2.45) is 0 Å². The second-order valence-electron chi connectivity index (χ2n) is 7.27. The van der Waals surface area contributed by atoms with E-state index in [1.54, 1.807) is 0 Å². The van der Waals surface area contributed by atoms with Crippen LogP contribution in [0.25, 0.3) is 0 Å². The van der Waals surface area contributed by atoms with E-state index < -0.39 is 0 Å². The molecule has 0 aromatic heterocycles. The van der Waals surface area contributed by atoms with Crippen molar-refractivity contribution in [3.63, 3.8) is 0 Å². The minimum atomic E-state index is 0. The van der Waals surface area contributed by atoms with E-state index in [1.807, 2.05) is 42.2 Å². The molecule has 0 aliphatic carbocycles. The predicted molar refractivity (Wildman–Crippen MR) is 130 cm³/mol. The second kappa shape index (κ2) is 13.2. The summed E-state index contributed by atoms with van der Waals surface area (Å²) in [5, 5.41) is 4.16. The quantitative estimate of drug-likeness (QED) is 0.383. The summed E-state index contributed by atoms with van der Waals surface area (Å²) >= 11 is 9.58. The normalized spacial score (nSPS) is 13.3. The van der Waals surface area contributed by atoms with Gasteiger partial charge < -0.3 is 19.7 Å². The van der Waals surface area contributed by atoms with Crippen LogP contribution < -0.4 is 14.8 Å². The lowest BCUT2D eigenvalue weighted by Crippen LogP contribution is -2.28. The summed E-state index contributed by atoms with van der Waals surface area (Å²) in [5.41, 5.74) is 2.15. The lowest BCUT2D eigenvalue weighted by Gasteiger charge is -2.17. The third kappa shape index (κ3) is 7.86. The molecular formula is C23H29BrCl2N2O3. The van der Waals surface area contributed by atoms with E-state index in [0.29, 0.717) is 30.4 Å². The first-order valence-electron chi connectivity index (χ1n) is 10.4. The molecule has 0 unspecified atom stereocenters. The summed E-state index contributed by atoms with van der Waals surface area (Å²) in [4.78, 5) is 13.6. The third-order valence-electron chi connectivity index (χ3n) is 4.95. The van der Waals surface area contributed by atoms with Crippen molar-refractivity contribution >= 4 is 45.8 Å². The van der Waals surface area contributed by atoms with Gasteiger partial charge in [0.1, 0.15) is 6.61 Å². The van der Waals surface area contributed by atoms with Gasteiger partial charge in [-0.15, -0.1) is 12.4 Å². The molecule has 1 fully saturated rings. The van der Waals surface area contributed by atoms with Crippen molar-refractivity contribution < 1.29 is 14.3 Å². The molecule has 0 radical (unpaired) electrons. The van der Waals surface area contributed by atoms with Gasteiger partial charge in [0.15, 0.2) is 11.5 Å². The van der Waals surface area contributed by atoms with Crippen LogP contribution in [0.3, 0.4) is 0 Å². The zero-order chi connectivity index (χ0) is 21.3. The van der Waals surface area contributed by atoms with Crippen LogP contribution in [0.5, 0.6) is 11.5 Å². The van der Waals surface area contributed by atoms with Crippen molar-refractivity contribution in [1.29, 1.82) is 0 Å². The molecule has 0 spiro atoms. The monoisotopic (exact) mass is 530 g/mol. The number of hydrogen-bond donors (Lipinski definition) is 1. The van der Waals surface area contributed by atoms with Gasteiger partial charge in [-0.3, -0.25) is 4.79 Å². The first kappa shape index (κ1) is 25.8. The van der Waals surface area contributed by atoms with E-state index >= 15 is 0 Å². The van der Waals surface area contributed by atoms with Crippen molar-refractivity contribution in [2.75, 3.05) is 26.2 Å². The van der Waals surface area contributed by atoms with Gasteiger partial charge in [0.05, 0.1) is 11.1 Å². The van der Waals surface area contributed by atoms with Crippen molar-refractivity contribution in [3.8, 4) is 11.5 Å². The fourth-order valence-electron chi connectivity index (χ4n) is 3.43. The minimum Gasteiger partial charge on any atom is -0.490 e. The molecule has 1 aliphatic heterocycles. The van der Waals surface area contributed by atoms with Gasteiger partial charge in [-0.2, -0.15) is 0 Å². The maximum Gasteiger partial charge on any atom is 0.222 e. The number of carbonyl (C=O) groups is 1. The SMILES string of the molecule is CCOc1cc(CNCCCN2CCCC2=O)cc(Br)c1OCc1ccc(Cl)cc1.Cl. The lowest BCUT2D eigenvalue weighted by atomic mass is 10.2. The van der Waals surface area contributed by atoms with Gasteiger partial charge in [-0.05, 0) is 77.6 Å². The van der Waals surface area contributed by atoms with Crippen molar-refractivity contribution in [3.05, 3.63) is 57.0 Å². The summed E-state index contributed by atoms with van der Waals surface area (Å²) in [7, 11) is 0. The highest BCUT2D eigenvalue weighted by Crippen LogP contribution is 2.37. The Morgan fingerprint density at radius 1 is 1.16 bits per heavy atom. The molecule has 0 atom stereocenters. The highest BCUT2D eigenvalue weighted by Gasteiger charge is 2.19. The standard InChI is InChI=1S/C23H28BrClN2O3.ClH/c1-2-29-21-14-18(15-26-10-4-12-27-11-3-5-22(27)28)13-20(24)23(21)30-16-17-6-8-19(25)9-7-17;/h6-9,13-14,26H,2-5,10-12,15-16H2,1H3;1H. The Kier molecular flexibility index (Phi) is 10.9. The summed E-state index contributed by atoms with van der Waals surface area (Å²) in [6.45, 7) is 6.27. The Morgan fingerprint density at radius 2 is 1.94 bits per heavy atom. The molecule has 1 amide bonds. The second-order valence-corrected chi connectivity index (χ2v) is 8.56. The van der Waals surface area contributed by atoms with Crippen LogP contribution in [0.1, 0.15) is 37.3 Å². The van der Waals surface area contributed by atoms with Crippen LogP contribution in [0.2, 0.25) is 5.02 Å². The third-order valence-corrected chi connectivity index (χ3v) is 5.79. The highest BCUT2D eigenvalue weighted by molar-refractivity contribution is 9.10. The lowest BCUT2D eigenvalue weighted by molar-refractivity contribution is -0.127. The number of nitrogens with zero attached hydrogens (tertiary/aromatic N) is 1. The van der Waals surface area contributed by atoms with E-state index in [2.05, 4.69) is 27.3 Å². The number of rotatable bonds is 11. The van der Waals surface area contributed by atoms with Crippen LogP contribution in [0, 0.1) is 0 Å². The zero-order valence-electron chi connectivity index (χ0n) is 17.7. The molecule has 1 N–H and O–H groups in total. The Bertz CT molecular complexity index is 849. The van der Waals surface area contributed by atoms with Crippen LogP contribution in [-0.4, -0.2) is 37.0 Å². The average molecular weight is 532 g/mol. The van der Waals surface area contributed by atoms with E-state index in [1.165, 1.54) is 0 Å². The molecule has 5 nitrogen and oxygen atoms in total. The molecule has 0 bridgehead atoms. The molecule has 170 valence electrons. The number of amides is 1. The van der Waals surface area contributed by atoms with Gasteiger partial charge >= 0.3 is 0 Å². The Hall–Kier alpha value is -1.47. The van der Waals surface area contributed by atoms with Gasteiger partial charge in [0.2, 0.25) is 5.91 Å². The predicted octanol–water partition coefficient (Wildman–Crippen LogP) is 5.60. The fourth-order valence-corrected chi connectivity index (χ4v) is 4.16. The first-order valence-corrected chi connectivity index (χ1v) is 11.5. The van der Waals surface area contributed by atoms with E-state index in [4.69, 9.17) is 21.1 Å². The molecule has 31 heavy (non-hydrogen) atoms. The smallest absolute Gasteiger partial charge is 0.222 e. The van der Waals surface area contributed by atoms with E-state index in [0.717, 1.165) is 60.4 Å². The van der Waals surface area contributed by atoms with Crippen LogP contribution in [0.4, 0.5) is 0 Å². The number of nitrogens with one attached hydrogen (secondary N) is 1. The van der Waals surface area contributed by atoms with Gasteiger partial charge in [0, 0.05) is 31.1 Å². The zero-order valence-corrected chi connectivity index (χ0v) is 20.8. The molecule has 2 aromatic rings. The minimum absolute atomic E-state index is 0. The Labute approximate surface area is 204 Å². The number of halogens is 3. The van der Waals surface area contributed by atoms with Gasteiger partial charge in [-0.1, -0.05) is 23.7 Å². The molecule has 1 aliphatic rings. The van der Waals surface area contributed by atoms with Crippen molar-refractivity contribution in [1.82, 2.24) is 10.2 Å². The summed E-state index contributed by atoms with van der Waals surface area (Å²) in [6.07, 6.45) is 2.65. The number of carbonyl (C=O) groups excluding carboxylic acids is 1. The molecule has 1 saturated heterocycles. The van der Waals surface area contributed by atoms with Crippen LogP contribution in [0.15, 0.2) is 40.9 Å². The van der Waals surface area contributed by atoms with Crippen LogP contribution in [-0.2, 0) is 17.9 Å². The number of likely N-dealkylation sites (tertiary alicyclic amines) is 1.